The Labute approximate surface area is 162 Å². The number of anilines is 1. The number of amides is 1. The summed E-state index contributed by atoms with van der Waals surface area (Å²) in [5.41, 5.74) is 1.63. The van der Waals surface area contributed by atoms with Crippen LogP contribution in [0, 0.1) is 6.92 Å². The van der Waals surface area contributed by atoms with Crippen LogP contribution in [0.2, 0.25) is 0 Å². The number of esters is 1. The average molecular weight is 378 g/mol. The molecule has 150 valence electrons. The lowest BCUT2D eigenvalue weighted by atomic mass is 10.1. The van der Waals surface area contributed by atoms with E-state index in [1.807, 2.05) is 13.0 Å². The van der Waals surface area contributed by atoms with Gasteiger partial charge in [0.1, 0.15) is 5.75 Å². The first-order valence-corrected chi connectivity index (χ1v) is 9.95. The summed E-state index contributed by atoms with van der Waals surface area (Å²) in [6.45, 7) is 9.50. The van der Waals surface area contributed by atoms with Crippen LogP contribution in [0.1, 0.15) is 55.5 Å². The van der Waals surface area contributed by atoms with Gasteiger partial charge < -0.3 is 19.3 Å². The van der Waals surface area contributed by atoms with Gasteiger partial charge in [-0.15, -0.1) is 0 Å². The van der Waals surface area contributed by atoms with Crippen LogP contribution in [-0.4, -0.2) is 56.3 Å². The number of rotatable bonds is 7. The fourth-order valence-corrected chi connectivity index (χ4v) is 3.84. The number of hydrogen-bond donors (Lipinski definition) is 1. The molecule has 0 aromatic heterocycles. The maximum atomic E-state index is 12.9. The van der Waals surface area contributed by atoms with Crippen molar-refractivity contribution in [1.82, 2.24) is 0 Å². The Balaban J connectivity index is 2.24. The fraction of sp³-hybridized carbons (Fsp3) is 0.619. The van der Waals surface area contributed by atoms with Crippen molar-refractivity contribution >= 4 is 17.6 Å². The third kappa shape index (κ3) is 5.45. The molecule has 0 aliphatic carbocycles. The fourth-order valence-electron chi connectivity index (χ4n) is 3.84. The molecule has 6 heteroatoms. The Morgan fingerprint density at radius 3 is 2.33 bits per heavy atom. The van der Waals surface area contributed by atoms with E-state index in [0.29, 0.717) is 23.5 Å². The lowest BCUT2D eigenvalue weighted by Gasteiger charge is -2.36. The van der Waals surface area contributed by atoms with E-state index in [9.17, 15) is 9.59 Å². The number of likely N-dealkylation sites (N-methyl/N-ethyl adjacent to an activating group) is 1. The summed E-state index contributed by atoms with van der Waals surface area (Å²) in [7, 11) is 1.55. The van der Waals surface area contributed by atoms with Gasteiger partial charge in [0.05, 0.1) is 44.6 Å². The van der Waals surface area contributed by atoms with Crippen LogP contribution in [-0.2, 0) is 9.53 Å². The Kier molecular flexibility index (Phi) is 7.66. The predicted octanol–water partition coefficient (Wildman–Crippen LogP) is 3.53. The molecule has 1 aliphatic heterocycles. The SMILES string of the molecule is CCOC(=O)c1cc(OC)cc(C)c1NC(=O)C[N+]1(CC)CCCCCC1. The molecule has 0 bridgehead atoms. The molecular formula is C21H33N2O4+. The molecule has 1 aromatic rings. The van der Waals surface area contributed by atoms with Gasteiger partial charge >= 0.3 is 5.97 Å². The number of likely N-dealkylation sites (tertiary alicyclic amines) is 1. The lowest BCUT2D eigenvalue weighted by Crippen LogP contribution is -2.52. The van der Waals surface area contributed by atoms with Crippen molar-refractivity contribution in [3.8, 4) is 5.75 Å². The highest BCUT2D eigenvalue weighted by molar-refractivity contribution is 6.03. The van der Waals surface area contributed by atoms with Gasteiger partial charge in [0.15, 0.2) is 6.54 Å². The molecule has 1 aromatic carbocycles. The maximum Gasteiger partial charge on any atom is 0.340 e. The summed E-state index contributed by atoms with van der Waals surface area (Å²) in [5, 5.41) is 2.99. The maximum absolute atomic E-state index is 12.9. The van der Waals surface area contributed by atoms with Crippen molar-refractivity contribution in [2.24, 2.45) is 0 Å². The van der Waals surface area contributed by atoms with Gasteiger partial charge in [-0.05, 0) is 64.2 Å². The minimum Gasteiger partial charge on any atom is -0.497 e. The molecule has 0 unspecified atom stereocenters. The van der Waals surface area contributed by atoms with Crippen LogP contribution in [0.3, 0.4) is 0 Å². The number of carbonyl (C=O) groups is 2. The molecule has 2 rings (SSSR count). The van der Waals surface area contributed by atoms with Crippen LogP contribution in [0.15, 0.2) is 12.1 Å². The van der Waals surface area contributed by atoms with Gasteiger partial charge in [-0.25, -0.2) is 4.79 Å². The zero-order valence-electron chi connectivity index (χ0n) is 17.1. The molecule has 1 aliphatic rings. The third-order valence-corrected chi connectivity index (χ3v) is 5.47. The molecule has 27 heavy (non-hydrogen) atoms. The number of benzene rings is 1. The average Bonchev–Trinajstić information content (AvgIpc) is 2.89. The van der Waals surface area contributed by atoms with Gasteiger partial charge in [-0.3, -0.25) is 4.79 Å². The molecule has 1 N–H and O–H groups in total. The predicted molar refractivity (Wildman–Crippen MR) is 106 cm³/mol. The number of methoxy groups -OCH3 is 1. The first-order valence-electron chi connectivity index (χ1n) is 9.95. The summed E-state index contributed by atoms with van der Waals surface area (Å²) in [6.07, 6.45) is 4.81. The largest absolute Gasteiger partial charge is 0.497 e. The van der Waals surface area contributed by atoms with Crippen molar-refractivity contribution in [3.63, 3.8) is 0 Å². The molecule has 1 amide bonds. The van der Waals surface area contributed by atoms with E-state index < -0.39 is 5.97 Å². The van der Waals surface area contributed by atoms with E-state index in [0.717, 1.165) is 42.5 Å². The van der Waals surface area contributed by atoms with Crippen LogP contribution in [0.5, 0.6) is 5.75 Å². The first-order chi connectivity index (χ1) is 12.9. The van der Waals surface area contributed by atoms with Crippen LogP contribution in [0.25, 0.3) is 0 Å². The quantitative estimate of drug-likeness (QED) is 0.583. The molecular weight excluding hydrogens is 344 g/mol. The Morgan fingerprint density at radius 2 is 1.78 bits per heavy atom. The van der Waals surface area contributed by atoms with E-state index in [4.69, 9.17) is 9.47 Å². The van der Waals surface area contributed by atoms with Crippen molar-refractivity contribution < 1.29 is 23.5 Å². The number of nitrogens with one attached hydrogen (secondary N) is 1. The monoisotopic (exact) mass is 377 g/mol. The van der Waals surface area contributed by atoms with E-state index in [-0.39, 0.29) is 12.5 Å². The number of hydrogen-bond acceptors (Lipinski definition) is 4. The highest BCUT2D eigenvalue weighted by Gasteiger charge is 2.30. The zero-order chi connectivity index (χ0) is 19.9. The topological polar surface area (TPSA) is 64.6 Å². The molecule has 1 heterocycles. The second kappa shape index (κ2) is 9.74. The molecule has 0 saturated carbocycles. The third-order valence-electron chi connectivity index (χ3n) is 5.47. The molecule has 1 saturated heterocycles. The van der Waals surface area contributed by atoms with Gasteiger partial charge in [-0.1, -0.05) is 0 Å². The molecule has 0 radical (unpaired) electrons. The van der Waals surface area contributed by atoms with Gasteiger partial charge in [0.2, 0.25) is 0 Å². The highest BCUT2D eigenvalue weighted by atomic mass is 16.5. The summed E-state index contributed by atoms with van der Waals surface area (Å²) in [6, 6.07) is 3.44. The van der Waals surface area contributed by atoms with Crippen molar-refractivity contribution in [2.75, 3.05) is 45.2 Å². The van der Waals surface area contributed by atoms with Crippen molar-refractivity contribution in [1.29, 1.82) is 0 Å². The van der Waals surface area contributed by atoms with Gasteiger partial charge in [0.25, 0.3) is 5.91 Å². The van der Waals surface area contributed by atoms with E-state index in [2.05, 4.69) is 12.2 Å². The van der Waals surface area contributed by atoms with Crippen molar-refractivity contribution in [2.45, 2.75) is 46.5 Å². The number of carbonyl (C=O) groups excluding carboxylic acids is 2. The van der Waals surface area contributed by atoms with E-state index in [1.54, 1.807) is 20.1 Å². The van der Waals surface area contributed by atoms with E-state index in [1.165, 1.54) is 12.8 Å². The number of nitrogens with zero attached hydrogens (tertiary/aromatic N) is 1. The molecule has 6 nitrogen and oxygen atoms in total. The summed E-state index contributed by atoms with van der Waals surface area (Å²) in [4.78, 5) is 25.3. The lowest BCUT2D eigenvalue weighted by molar-refractivity contribution is -0.918. The summed E-state index contributed by atoms with van der Waals surface area (Å²) in [5.74, 6) is 0.0552. The number of ether oxygens (including phenoxy) is 2. The smallest absolute Gasteiger partial charge is 0.340 e. The molecule has 0 spiro atoms. The molecule has 0 atom stereocenters. The van der Waals surface area contributed by atoms with Gasteiger partial charge in [0, 0.05) is 0 Å². The molecule has 1 fully saturated rings. The van der Waals surface area contributed by atoms with Gasteiger partial charge in [-0.2, -0.15) is 0 Å². The minimum absolute atomic E-state index is 0.0578. The summed E-state index contributed by atoms with van der Waals surface area (Å²) >= 11 is 0. The second-order valence-corrected chi connectivity index (χ2v) is 7.31. The minimum atomic E-state index is -0.455. The Bertz CT molecular complexity index is 664. The van der Waals surface area contributed by atoms with Crippen LogP contribution >= 0.6 is 0 Å². The normalized spacial score (nSPS) is 16.3. The standard InChI is InChI=1S/C21H32N2O4/c1-5-23(11-9-7-8-10-12-23)15-19(24)22-20-16(3)13-17(26-4)14-18(20)21(25)27-6-2/h13-14H,5-12,15H2,1-4H3/p+1. The zero-order valence-corrected chi connectivity index (χ0v) is 17.1. The Hall–Kier alpha value is -2.08. The number of quaternary nitrogens is 1. The first kappa shape index (κ1) is 21.2. The van der Waals surface area contributed by atoms with Crippen LogP contribution < -0.4 is 10.1 Å². The second-order valence-electron chi connectivity index (χ2n) is 7.31. The van der Waals surface area contributed by atoms with Crippen LogP contribution in [0.4, 0.5) is 5.69 Å². The van der Waals surface area contributed by atoms with Crippen molar-refractivity contribution in [3.05, 3.63) is 23.3 Å². The Morgan fingerprint density at radius 1 is 1.11 bits per heavy atom. The highest BCUT2D eigenvalue weighted by Crippen LogP contribution is 2.28. The summed E-state index contributed by atoms with van der Waals surface area (Å²) < 4.78 is 11.2. The van der Waals surface area contributed by atoms with E-state index >= 15 is 0 Å². The number of aryl methyl sites for hydroxylation is 1.